The highest BCUT2D eigenvalue weighted by molar-refractivity contribution is 5.34. The highest BCUT2D eigenvalue weighted by Gasteiger charge is 2.22. The molecule has 1 aliphatic carbocycles. The lowest BCUT2D eigenvalue weighted by Crippen LogP contribution is -2.32. The molecule has 2 nitrogen and oxygen atoms in total. The van der Waals surface area contributed by atoms with Gasteiger partial charge in [0.25, 0.3) is 0 Å². The van der Waals surface area contributed by atoms with E-state index in [4.69, 9.17) is 4.74 Å². The van der Waals surface area contributed by atoms with Crippen molar-refractivity contribution in [2.45, 2.75) is 31.8 Å². The predicted molar refractivity (Wildman–Crippen MR) is 62.0 cm³/mol. The molecular formula is C13H19NO. The van der Waals surface area contributed by atoms with Gasteiger partial charge in [0.05, 0.1) is 6.61 Å². The number of nitrogens with one attached hydrogen (secondary N) is 1. The van der Waals surface area contributed by atoms with Crippen molar-refractivity contribution in [3.05, 3.63) is 35.4 Å². The van der Waals surface area contributed by atoms with Gasteiger partial charge in [-0.1, -0.05) is 24.3 Å². The largest absolute Gasteiger partial charge is 0.383 e. The number of ether oxygens (including phenoxy) is 1. The number of hydrogen-bond acceptors (Lipinski definition) is 2. The minimum atomic E-state index is 0.422. The molecule has 2 heteroatoms. The summed E-state index contributed by atoms with van der Waals surface area (Å²) in [6.07, 6.45) is 2.42. The topological polar surface area (TPSA) is 21.3 Å². The van der Waals surface area contributed by atoms with Crippen LogP contribution in [0.1, 0.15) is 30.5 Å². The van der Waals surface area contributed by atoms with Crippen molar-refractivity contribution in [3.8, 4) is 0 Å². The van der Waals surface area contributed by atoms with Crippen molar-refractivity contribution in [3.63, 3.8) is 0 Å². The van der Waals surface area contributed by atoms with Crippen LogP contribution in [0.5, 0.6) is 0 Å². The minimum Gasteiger partial charge on any atom is -0.383 e. The summed E-state index contributed by atoms with van der Waals surface area (Å²) in [7, 11) is 1.75. The summed E-state index contributed by atoms with van der Waals surface area (Å²) >= 11 is 0. The Morgan fingerprint density at radius 2 is 2.27 bits per heavy atom. The zero-order valence-corrected chi connectivity index (χ0v) is 9.49. The Labute approximate surface area is 91.6 Å². The van der Waals surface area contributed by atoms with Gasteiger partial charge in [-0.05, 0) is 30.9 Å². The Balaban J connectivity index is 2.01. The van der Waals surface area contributed by atoms with Gasteiger partial charge in [0, 0.05) is 19.2 Å². The predicted octanol–water partition coefficient (Wildman–Crippen LogP) is 2.30. The number of fused-ring (bicyclic) bond motifs is 1. The molecule has 0 aromatic heterocycles. The van der Waals surface area contributed by atoms with Crippen molar-refractivity contribution >= 4 is 0 Å². The van der Waals surface area contributed by atoms with E-state index in [1.165, 1.54) is 24.0 Å². The molecule has 0 spiro atoms. The lowest BCUT2D eigenvalue weighted by Gasteiger charge is -2.19. The van der Waals surface area contributed by atoms with Crippen LogP contribution in [0, 0.1) is 0 Å². The molecule has 0 bridgehead atoms. The molecule has 1 N–H and O–H groups in total. The molecule has 2 atom stereocenters. The van der Waals surface area contributed by atoms with Gasteiger partial charge in [0.1, 0.15) is 0 Å². The normalized spacial score (nSPS) is 21.3. The maximum atomic E-state index is 5.14. The van der Waals surface area contributed by atoms with E-state index in [0.717, 1.165) is 6.61 Å². The van der Waals surface area contributed by atoms with Crippen molar-refractivity contribution in [1.29, 1.82) is 0 Å². The van der Waals surface area contributed by atoms with E-state index in [2.05, 4.69) is 36.5 Å². The number of methoxy groups -OCH3 is 1. The standard InChI is InChI=1S/C13H19NO/c1-10(9-15-2)14-13-8-7-11-5-3-4-6-12(11)13/h3-6,10,13-14H,7-9H2,1-2H3/t10-,13+/m0/s1. The number of hydrogen-bond donors (Lipinski definition) is 1. The molecule has 0 saturated heterocycles. The highest BCUT2D eigenvalue weighted by atomic mass is 16.5. The molecule has 0 aliphatic heterocycles. The van der Waals surface area contributed by atoms with Gasteiger partial charge in [-0.25, -0.2) is 0 Å². The van der Waals surface area contributed by atoms with Crippen molar-refractivity contribution < 1.29 is 4.74 Å². The van der Waals surface area contributed by atoms with E-state index in [0.29, 0.717) is 12.1 Å². The van der Waals surface area contributed by atoms with Crippen LogP contribution < -0.4 is 5.32 Å². The summed E-state index contributed by atoms with van der Waals surface area (Å²) in [6.45, 7) is 2.95. The lowest BCUT2D eigenvalue weighted by atomic mass is 10.1. The third-order valence-corrected chi connectivity index (χ3v) is 3.04. The summed E-state index contributed by atoms with van der Waals surface area (Å²) in [5.74, 6) is 0. The molecule has 1 aliphatic rings. The van der Waals surface area contributed by atoms with Crippen LogP contribution in [0.4, 0.5) is 0 Å². The quantitative estimate of drug-likeness (QED) is 0.814. The van der Waals surface area contributed by atoms with Gasteiger partial charge in [-0.2, -0.15) is 0 Å². The van der Waals surface area contributed by atoms with Crippen LogP contribution in [-0.4, -0.2) is 19.8 Å². The molecule has 0 amide bonds. The Kier molecular flexibility index (Phi) is 3.39. The SMILES string of the molecule is COC[C@H](C)N[C@@H]1CCc2ccccc21. The second-order valence-corrected chi connectivity index (χ2v) is 4.31. The molecule has 15 heavy (non-hydrogen) atoms. The van der Waals surface area contributed by atoms with E-state index in [-0.39, 0.29) is 0 Å². The van der Waals surface area contributed by atoms with Crippen LogP contribution in [0.25, 0.3) is 0 Å². The number of benzene rings is 1. The molecule has 1 aromatic rings. The van der Waals surface area contributed by atoms with E-state index in [1.807, 2.05) is 0 Å². The summed E-state index contributed by atoms with van der Waals surface area (Å²) in [5, 5.41) is 3.61. The van der Waals surface area contributed by atoms with Crippen molar-refractivity contribution in [1.82, 2.24) is 5.32 Å². The fourth-order valence-electron chi connectivity index (χ4n) is 2.37. The summed E-state index contributed by atoms with van der Waals surface area (Å²) in [5.41, 5.74) is 2.97. The maximum Gasteiger partial charge on any atom is 0.0613 e. The molecule has 0 radical (unpaired) electrons. The summed E-state index contributed by atoms with van der Waals surface area (Å²) in [4.78, 5) is 0. The van der Waals surface area contributed by atoms with Crippen LogP contribution >= 0.6 is 0 Å². The Hall–Kier alpha value is -0.860. The first kappa shape index (κ1) is 10.7. The molecule has 1 aromatic carbocycles. The first-order valence-corrected chi connectivity index (χ1v) is 5.64. The average Bonchev–Trinajstić information content (AvgIpc) is 2.62. The molecule has 0 fully saturated rings. The summed E-state index contributed by atoms with van der Waals surface area (Å²) < 4.78 is 5.14. The first-order valence-electron chi connectivity index (χ1n) is 5.64. The highest BCUT2D eigenvalue weighted by Crippen LogP contribution is 2.30. The van der Waals surface area contributed by atoms with Crippen molar-refractivity contribution in [2.24, 2.45) is 0 Å². The average molecular weight is 205 g/mol. The fourth-order valence-corrected chi connectivity index (χ4v) is 2.37. The zero-order valence-electron chi connectivity index (χ0n) is 9.49. The maximum absolute atomic E-state index is 5.14. The smallest absolute Gasteiger partial charge is 0.0613 e. The van der Waals surface area contributed by atoms with E-state index >= 15 is 0 Å². The molecule has 0 heterocycles. The van der Waals surface area contributed by atoms with Crippen LogP contribution in [0.3, 0.4) is 0 Å². The zero-order chi connectivity index (χ0) is 10.7. The van der Waals surface area contributed by atoms with Crippen LogP contribution in [0.2, 0.25) is 0 Å². The second kappa shape index (κ2) is 4.77. The van der Waals surface area contributed by atoms with E-state index in [1.54, 1.807) is 7.11 Å². The molecule has 0 saturated carbocycles. The van der Waals surface area contributed by atoms with E-state index < -0.39 is 0 Å². The van der Waals surface area contributed by atoms with Gasteiger partial charge in [0.2, 0.25) is 0 Å². The summed E-state index contributed by atoms with van der Waals surface area (Å²) in [6, 6.07) is 9.66. The molecule has 82 valence electrons. The second-order valence-electron chi connectivity index (χ2n) is 4.31. The molecule has 0 unspecified atom stereocenters. The first-order chi connectivity index (χ1) is 7.31. The lowest BCUT2D eigenvalue weighted by molar-refractivity contribution is 0.166. The van der Waals surface area contributed by atoms with Crippen LogP contribution in [-0.2, 0) is 11.2 Å². The van der Waals surface area contributed by atoms with Crippen LogP contribution in [0.15, 0.2) is 24.3 Å². The Morgan fingerprint density at radius 1 is 1.47 bits per heavy atom. The fraction of sp³-hybridized carbons (Fsp3) is 0.538. The van der Waals surface area contributed by atoms with Gasteiger partial charge in [0.15, 0.2) is 0 Å². The monoisotopic (exact) mass is 205 g/mol. The van der Waals surface area contributed by atoms with Gasteiger partial charge in [-0.15, -0.1) is 0 Å². The minimum absolute atomic E-state index is 0.422. The van der Waals surface area contributed by atoms with E-state index in [9.17, 15) is 0 Å². The van der Waals surface area contributed by atoms with Gasteiger partial charge < -0.3 is 10.1 Å². The number of aryl methyl sites for hydroxylation is 1. The van der Waals surface area contributed by atoms with Crippen molar-refractivity contribution in [2.75, 3.05) is 13.7 Å². The van der Waals surface area contributed by atoms with Gasteiger partial charge in [-0.3, -0.25) is 0 Å². The molecule has 2 rings (SSSR count). The Bertz CT molecular complexity index is 324. The molecular weight excluding hydrogens is 186 g/mol. The third-order valence-electron chi connectivity index (χ3n) is 3.04. The van der Waals surface area contributed by atoms with Gasteiger partial charge >= 0.3 is 0 Å². The number of rotatable bonds is 4. The Morgan fingerprint density at radius 3 is 3.07 bits per heavy atom. The third kappa shape index (κ3) is 2.39.